The van der Waals surface area contributed by atoms with E-state index in [1.807, 2.05) is 0 Å². The molecule has 1 saturated carbocycles. The summed E-state index contributed by atoms with van der Waals surface area (Å²) in [6, 6.07) is -0.490. The standard InChI is InChI=1S/C10H20N2O2/c11-8(9(13)10(12)14)6-7-4-2-1-3-5-7/h7-9,13H,1-6,11H2,(H2,12,14). The minimum atomic E-state index is -1.18. The van der Waals surface area contributed by atoms with E-state index in [1.165, 1.54) is 32.1 Å². The average Bonchev–Trinajstić information content (AvgIpc) is 2.18. The van der Waals surface area contributed by atoms with Crippen molar-refractivity contribution in [3.05, 3.63) is 0 Å². The third-order valence-corrected chi connectivity index (χ3v) is 3.03. The minimum Gasteiger partial charge on any atom is -0.382 e. The normalized spacial score (nSPS) is 23.0. The van der Waals surface area contributed by atoms with E-state index in [0.717, 1.165) is 0 Å². The lowest BCUT2D eigenvalue weighted by atomic mass is 9.84. The Labute approximate surface area is 84.7 Å². The van der Waals surface area contributed by atoms with Crippen molar-refractivity contribution in [2.75, 3.05) is 0 Å². The van der Waals surface area contributed by atoms with Crippen LogP contribution in [0.1, 0.15) is 38.5 Å². The molecule has 0 aromatic heterocycles. The molecule has 5 N–H and O–H groups in total. The molecule has 1 aliphatic carbocycles. The molecule has 4 heteroatoms. The first kappa shape index (κ1) is 11.5. The Balaban J connectivity index is 2.31. The molecule has 0 saturated heterocycles. The Hall–Kier alpha value is -0.610. The Morgan fingerprint density at radius 1 is 1.36 bits per heavy atom. The third kappa shape index (κ3) is 3.27. The van der Waals surface area contributed by atoms with Crippen molar-refractivity contribution in [1.29, 1.82) is 0 Å². The SMILES string of the molecule is NC(=O)C(O)C(N)CC1CCCCC1. The molecule has 2 atom stereocenters. The highest BCUT2D eigenvalue weighted by Gasteiger charge is 2.24. The van der Waals surface area contributed by atoms with Crippen molar-refractivity contribution in [2.24, 2.45) is 17.4 Å². The Kier molecular flexibility index (Phi) is 4.35. The number of aliphatic hydroxyl groups is 1. The van der Waals surface area contributed by atoms with Crippen molar-refractivity contribution in [1.82, 2.24) is 0 Å². The van der Waals surface area contributed by atoms with E-state index in [2.05, 4.69) is 0 Å². The zero-order chi connectivity index (χ0) is 10.6. The smallest absolute Gasteiger partial charge is 0.247 e. The molecule has 82 valence electrons. The highest BCUT2D eigenvalue weighted by atomic mass is 16.3. The topological polar surface area (TPSA) is 89.3 Å². The van der Waals surface area contributed by atoms with Gasteiger partial charge in [0.15, 0.2) is 0 Å². The molecule has 4 nitrogen and oxygen atoms in total. The van der Waals surface area contributed by atoms with E-state index in [-0.39, 0.29) is 0 Å². The van der Waals surface area contributed by atoms with Gasteiger partial charge in [-0.05, 0) is 12.3 Å². The van der Waals surface area contributed by atoms with E-state index in [4.69, 9.17) is 11.5 Å². The van der Waals surface area contributed by atoms with Crippen LogP contribution in [-0.2, 0) is 4.79 Å². The number of hydrogen-bond donors (Lipinski definition) is 3. The van der Waals surface area contributed by atoms with Crippen LogP contribution >= 0.6 is 0 Å². The third-order valence-electron chi connectivity index (χ3n) is 3.03. The maximum atomic E-state index is 10.7. The average molecular weight is 200 g/mol. The van der Waals surface area contributed by atoms with Gasteiger partial charge in [0.1, 0.15) is 6.10 Å². The number of aliphatic hydroxyl groups excluding tert-OH is 1. The summed E-state index contributed by atoms with van der Waals surface area (Å²) in [5, 5.41) is 9.33. The van der Waals surface area contributed by atoms with Gasteiger partial charge in [0.25, 0.3) is 0 Å². The Morgan fingerprint density at radius 2 is 1.93 bits per heavy atom. The van der Waals surface area contributed by atoms with Crippen molar-refractivity contribution in [3.8, 4) is 0 Å². The molecule has 1 aliphatic rings. The zero-order valence-corrected chi connectivity index (χ0v) is 8.48. The summed E-state index contributed by atoms with van der Waals surface area (Å²) in [6.07, 6.45) is 5.64. The largest absolute Gasteiger partial charge is 0.382 e. The van der Waals surface area contributed by atoms with Crippen LogP contribution in [0.25, 0.3) is 0 Å². The maximum absolute atomic E-state index is 10.7. The summed E-state index contributed by atoms with van der Waals surface area (Å²) in [7, 11) is 0. The fourth-order valence-electron chi connectivity index (χ4n) is 2.15. The number of primary amides is 1. The fraction of sp³-hybridized carbons (Fsp3) is 0.900. The number of hydrogen-bond acceptors (Lipinski definition) is 3. The summed E-state index contributed by atoms with van der Waals surface area (Å²) >= 11 is 0. The van der Waals surface area contributed by atoms with Gasteiger partial charge in [-0.25, -0.2) is 0 Å². The summed E-state index contributed by atoms with van der Waals surface area (Å²) < 4.78 is 0. The van der Waals surface area contributed by atoms with Crippen LogP contribution in [0.4, 0.5) is 0 Å². The summed E-state index contributed by atoms with van der Waals surface area (Å²) in [6.45, 7) is 0. The van der Waals surface area contributed by atoms with Crippen LogP contribution in [0, 0.1) is 5.92 Å². The van der Waals surface area contributed by atoms with Crippen LogP contribution in [0.2, 0.25) is 0 Å². The second-order valence-electron chi connectivity index (χ2n) is 4.25. The molecule has 0 bridgehead atoms. The van der Waals surface area contributed by atoms with E-state index < -0.39 is 18.1 Å². The van der Waals surface area contributed by atoms with Crippen LogP contribution in [0.5, 0.6) is 0 Å². The van der Waals surface area contributed by atoms with Crippen molar-refractivity contribution < 1.29 is 9.90 Å². The Bertz CT molecular complexity index is 191. The Morgan fingerprint density at radius 3 is 2.43 bits per heavy atom. The second-order valence-corrected chi connectivity index (χ2v) is 4.25. The number of carbonyl (C=O) groups is 1. The molecule has 14 heavy (non-hydrogen) atoms. The van der Waals surface area contributed by atoms with Crippen LogP contribution < -0.4 is 11.5 Å². The van der Waals surface area contributed by atoms with E-state index in [0.29, 0.717) is 12.3 Å². The highest BCUT2D eigenvalue weighted by Crippen LogP contribution is 2.27. The fourth-order valence-corrected chi connectivity index (χ4v) is 2.15. The lowest BCUT2D eigenvalue weighted by Crippen LogP contribution is -2.45. The van der Waals surface area contributed by atoms with Gasteiger partial charge < -0.3 is 16.6 Å². The van der Waals surface area contributed by atoms with Crippen LogP contribution in [0.3, 0.4) is 0 Å². The van der Waals surface area contributed by atoms with Crippen molar-refractivity contribution in [3.63, 3.8) is 0 Å². The maximum Gasteiger partial charge on any atom is 0.247 e. The first-order valence-corrected chi connectivity index (χ1v) is 5.34. The number of rotatable bonds is 4. The lowest BCUT2D eigenvalue weighted by Gasteiger charge is -2.25. The van der Waals surface area contributed by atoms with Gasteiger partial charge in [-0.3, -0.25) is 4.79 Å². The van der Waals surface area contributed by atoms with Crippen LogP contribution in [0.15, 0.2) is 0 Å². The van der Waals surface area contributed by atoms with E-state index in [9.17, 15) is 9.90 Å². The first-order valence-electron chi connectivity index (χ1n) is 5.34. The van der Waals surface area contributed by atoms with Gasteiger partial charge in [0.05, 0.1) is 0 Å². The van der Waals surface area contributed by atoms with Gasteiger partial charge >= 0.3 is 0 Å². The molecule has 0 radical (unpaired) electrons. The van der Waals surface area contributed by atoms with Gasteiger partial charge in [-0.15, -0.1) is 0 Å². The molecular formula is C10H20N2O2. The van der Waals surface area contributed by atoms with Gasteiger partial charge in [0.2, 0.25) is 5.91 Å². The predicted molar refractivity (Wildman–Crippen MR) is 54.4 cm³/mol. The molecule has 1 fully saturated rings. The number of carbonyl (C=O) groups excluding carboxylic acids is 1. The summed E-state index contributed by atoms with van der Waals surface area (Å²) in [5.41, 5.74) is 10.7. The molecule has 1 amide bonds. The molecular weight excluding hydrogens is 180 g/mol. The quantitative estimate of drug-likeness (QED) is 0.602. The molecule has 0 spiro atoms. The first-order chi connectivity index (χ1) is 6.61. The van der Waals surface area contributed by atoms with Gasteiger partial charge in [0, 0.05) is 6.04 Å². The molecule has 0 aromatic rings. The molecule has 1 rings (SSSR count). The van der Waals surface area contributed by atoms with E-state index >= 15 is 0 Å². The predicted octanol–water partition coefficient (Wildman–Crippen LogP) is 0.130. The number of amides is 1. The summed E-state index contributed by atoms with van der Waals surface area (Å²) in [4.78, 5) is 10.7. The van der Waals surface area contributed by atoms with Crippen molar-refractivity contribution >= 4 is 5.91 Å². The van der Waals surface area contributed by atoms with E-state index in [1.54, 1.807) is 0 Å². The zero-order valence-electron chi connectivity index (χ0n) is 8.48. The van der Waals surface area contributed by atoms with Gasteiger partial charge in [-0.2, -0.15) is 0 Å². The molecule has 0 aromatic carbocycles. The highest BCUT2D eigenvalue weighted by molar-refractivity contribution is 5.79. The monoisotopic (exact) mass is 200 g/mol. The second kappa shape index (κ2) is 5.32. The lowest BCUT2D eigenvalue weighted by molar-refractivity contribution is -0.127. The molecule has 0 heterocycles. The summed E-state index contributed by atoms with van der Waals surface area (Å²) in [5.74, 6) is -0.152. The minimum absolute atomic E-state index is 0.490. The molecule has 2 unspecified atom stereocenters. The van der Waals surface area contributed by atoms with Crippen molar-refractivity contribution in [2.45, 2.75) is 50.7 Å². The van der Waals surface area contributed by atoms with Gasteiger partial charge in [-0.1, -0.05) is 32.1 Å². The molecule has 0 aliphatic heterocycles. The van der Waals surface area contributed by atoms with Crippen LogP contribution in [-0.4, -0.2) is 23.2 Å². The number of nitrogens with two attached hydrogens (primary N) is 2.